The Kier molecular flexibility index (Phi) is 24.9. The van der Waals surface area contributed by atoms with Crippen LogP contribution in [0.3, 0.4) is 0 Å². The molecule has 0 saturated carbocycles. The van der Waals surface area contributed by atoms with E-state index >= 15 is 0 Å². The smallest absolute Gasteiger partial charge is 0.281 e. The number of pyridine rings is 7. The van der Waals surface area contributed by atoms with Gasteiger partial charge in [-0.2, -0.15) is 16.8 Å². The summed E-state index contributed by atoms with van der Waals surface area (Å²) < 4.78 is 110. The highest BCUT2D eigenvalue weighted by atomic mass is 32.2. The lowest BCUT2D eigenvalue weighted by molar-refractivity contribution is 0.0972. The number of nitrogens with zero attached hydrogens (tertiary/aromatic N) is 10. The van der Waals surface area contributed by atoms with Crippen molar-refractivity contribution >= 4 is 88.4 Å². The third-order valence-electron chi connectivity index (χ3n) is 18.9. The minimum Gasteiger partial charge on any atom is -0.493 e. The van der Waals surface area contributed by atoms with E-state index in [1.54, 1.807) is 79.3 Å². The van der Waals surface area contributed by atoms with Crippen molar-refractivity contribution in [2.24, 2.45) is 29.6 Å². The van der Waals surface area contributed by atoms with Gasteiger partial charge in [0.05, 0.1) is 46.7 Å². The Hall–Kier alpha value is -10.9. The van der Waals surface area contributed by atoms with Gasteiger partial charge in [-0.25, -0.2) is 61.9 Å². The SMILES string of the molecule is CC(C)COc1cc(F)cc(-c2ccc(C(=O)NS(=O)(=O)c3cccc(N)n3)c(N3CCC(C)C(C)C3)n2)c1.CCc1ccnc(Nc2cccc(S(=O)(=O)NC(=O)c3cccnc3N3CC(C)CC3(C)C)c2)c1.COc1cccc(-c2cnc(N3CC(C)CC3(C)C)c(C(=O)NS(=O)(=O)c3cccc(N)n3)c2)n1. The number of rotatable bonds is 21. The maximum Gasteiger partial charge on any atom is 0.281 e. The molecule has 0 radical (unpaired) electrons. The van der Waals surface area contributed by atoms with Crippen molar-refractivity contribution in [3.63, 3.8) is 0 Å². The Balaban J connectivity index is 0.000000175. The van der Waals surface area contributed by atoms with Gasteiger partial charge in [0, 0.05) is 84.8 Å². The van der Waals surface area contributed by atoms with Crippen LogP contribution in [-0.4, -0.2) is 129 Å². The molecule has 4 atom stereocenters. The number of aryl methyl sites for hydroxylation is 1. The highest BCUT2D eigenvalue weighted by Gasteiger charge is 2.41. The van der Waals surface area contributed by atoms with Crippen LogP contribution in [-0.2, 0) is 36.5 Å². The second-order valence-electron chi connectivity index (χ2n) is 29.3. The van der Waals surface area contributed by atoms with Crippen LogP contribution < -0.4 is 55.1 Å². The first kappa shape index (κ1) is 80.6. The van der Waals surface area contributed by atoms with Gasteiger partial charge in [-0.15, -0.1) is 0 Å². The monoisotopic (exact) mass is 1540 g/mol. The number of amides is 3. The van der Waals surface area contributed by atoms with Crippen molar-refractivity contribution < 1.29 is 53.5 Å². The first-order valence-corrected chi connectivity index (χ1v) is 40.2. The van der Waals surface area contributed by atoms with Crippen molar-refractivity contribution in [1.82, 2.24) is 49.1 Å². The molecule has 3 fully saturated rings. The minimum absolute atomic E-state index is 0.0142. The lowest BCUT2D eigenvalue weighted by Crippen LogP contribution is -2.41. The van der Waals surface area contributed by atoms with Gasteiger partial charge in [0.25, 0.3) is 47.8 Å². The van der Waals surface area contributed by atoms with Crippen LogP contribution in [0.5, 0.6) is 11.6 Å². The first-order chi connectivity index (χ1) is 51.5. The van der Waals surface area contributed by atoms with Gasteiger partial charge in [-0.05, 0) is 192 Å². The van der Waals surface area contributed by atoms with Crippen LogP contribution in [0.4, 0.5) is 45.0 Å². The Morgan fingerprint density at radius 2 is 1.17 bits per heavy atom. The van der Waals surface area contributed by atoms with Crippen LogP contribution in [0, 0.1) is 35.4 Å². The number of nitrogen functional groups attached to an aromatic ring is 2. The highest BCUT2D eigenvalue weighted by Crippen LogP contribution is 2.40. The van der Waals surface area contributed by atoms with E-state index in [0.29, 0.717) is 113 Å². The molecule has 0 spiro atoms. The predicted octanol–water partition coefficient (Wildman–Crippen LogP) is 11.9. The molecule has 0 bridgehead atoms. The molecule has 3 aliphatic heterocycles. The van der Waals surface area contributed by atoms with Gasteiger partial charge in [0.1, 0.15) is 46.5 Å². The maximum absolute atomic E-state index is 14.5. The summed E-state index contributed by atoms with van der Waals surface area (Å²) in [6.07, 6.45) is 8.56. The molecule has 27 nitrogen and oxygen atoms in total. The number of anilines is 7. The van der Waals surface area contributed by atoms with E-state index in [1.807, 2.05) is 42.7 Å². The lowest BCUT2D eigenvalue weighted by Gasteiger charge is -2.37. The van der Waals surface area contributed by atoms with Crippen molar-refractivity contribution in [1.29, 1.82) is 0 Å². The molecule has 576 valence electrons. The Labute approximate surface area is 636 Å². The number of nitrogens with two attached hydrogens (primary N) is 2. The van der Waals surface area contributed by atoms with Crippen molar-refractivity contribution in [2.75, 3.05) is 71.4 Å². The average molecular weight is 1550 g/mol. The molecule has 3 saturated heterocycles. The van der Waals surface area contributed by atoms with E-state index in [0.717, 1.165) is 37.8 Å². The molecular weight excluding hydrogens is 1450 g/mol. The number of piperidine rings is 1. The van der Waals surface area contributed by atoms with Gasteiger partial charge >= 0.3 is 0 Å². The summed E-state index contributed by atoms with van der Waals surface area (Å²) in [6.45, 7) is 26.1. The Bertz CT molecular complexity index is 5190. The van der Waals surface area contributed by atoms with Crippen LogP contribution in [0.15, 0.2) is 173 Å². The molecule has 4 unspecified atom stereocenters. The molecule has 10 heterocycles. The molecule has 2 aromatic carbocycles. The molecule has 8 N–H and O–H groups in total. The van der Waals surface area contributed by atoms with E-state index < -0.39 is 53.6 Å². The van der Waals surface area contributed by atoms with E-state index in [-0.39, 0.29) is 60.3 Å². The van der Waals surface area contributed by atoms with E-state index in [1.165, 1.54) is 73.8 Å². The third kappa shape index (κ3) is 20.1. The van der Waals surface area contributed by atoms with Gasteiger partial charge in [-0.3, -0.25) is 14.4 Å². The summed E-state index contributed by atoms with van der Waals surface area (Å²) in [5.74, 6) is 1.71. The van der Waals surface area contributed by atoms with E-state index in [4.69, 9.17) is 25.9 Å². The summed E-state index contributed by atoms with van der Waals surface area (Å²) in [6, 6.07) is 36.0. The molecule has 7 aromatic heterocycles. The van der Waals surface area contributed by atoms with Crippen LogP contribution in [0.25, 0.3) is 22.5 Å². The molecule has 109 heavy (non-hydrogen) atoms. The number of halogens is 1. The number of benzene rings is 2. The first-order valence-electron chi connectivity index (χ1n) is 35.7. The summed E-state index contributed by atoms with van der Waals surface area (Å²) >= 11 is 0. The second kappa shape index (κ2) is 33.7. The zero-order valence-corrected chi connectivity index (χ0v) is 65.4. The number of hydrogen-bond acceptors (Lipinski definition) is 24. The molecule has 9 aromatic rings. The zero-order valence-electron chi connectivity index (χ0n) is 63.0. The van der Waals surface area contributed by atoms with Crippen LogP contribution in [0.2, 0.25) is 0 Å². The Morgan fingerprint density at radius 1 is 0.587 bits per heavy atom. The summed E-state index contributed by atoms with van der Waals surface area (Å²) in [5, 5.41) is 2.42. The summed E-state index contributed by atoms with van der Waals surface area (Å²) in [4.78, 5) is 76.2. The van der Waals surface area contributed by atoms with Gasteiger partial charge in [0.15, 0.2) is 10.1 Å². The fraction of sp³-hybridized carbons (Fsp3) is 0.359. The highest BCUT2D eigenvalue weighted by molar-refractivity contribution is 7.90. The van der Waals surface area contributed by atoms with Gasteiger partial charge in [0.2, 0.25) is 5.88 Å². The standard InChI is InChI=1S/C28H34FN5O4S.C26H31N5O3S.C24H28N6O4S/c1-17(2)16-38-22-13-20(12-21(29)14-22)24-9-8-23(27(31-24)34-11-10-18(3)19(4)15-34)28(35)33-39(36,37)26-7-5-6-25(30)32-26;1-5-19-11-13-27-23(14-19)29-20-8-6-9-21(15-20)35(33,34)30-25(32)22-10-7-12-28-24(22)31-17-18(2)16-26(31,3)4;1-15-12-24(2,3)30(14-15)22-17(11-16(13-26-22)18-7-5-9-20(27-18)34-4)23(31)29-35(32,33)21-10-6-8-19(25)28-21/h5-9,12-14,17-19H,10-11,15-16H2,1-4H3,(H2,30,32)(H,33,35);6-15,18H,5,16-17H2,1-4H3,(H,27,29)(H,30,32);5-11,13,15H,12,14H2,1-4H3,(H2,25,28)(H,29,31). The predicted molar refractivity (Wildman–Crippen MR) is 418 cm³/mol. The molecule has 31 heteroatoms. The number of methoxy groups -OCH3 is 1. The number of carbonyl (C=O) groups is 3. The number of ether oxygens (including phenoxy) is 2. The van der Waals surface area contributed by atoms with Gasteiger partial charge < -0.3 is 41.0 Å². The van der Waals surface area contributed by atoms with E-state index in [9.17, 15) is 44.0 Å². The van der Waals surface area contributed by atoms with Gasteiger partial charge in [-0.1, -0.05) is 72.7 Å². The lowest BCUT2D eigenvalue weighted by atomic mass is 9.88. The maximum atomic E-state index is 14.5. The molecule has 12 rings (SSSR count). The molecular formula is C78H93FN16O11S3. The normalized spacial score (nSPS) is 17.4. The summed E-state index contributed by atoms with van der Waals surface area (Å²) in [7, 11) is -11.2. The molecule has 3 aliphatic rings. The third-order valence-corrected chi connectivity index (χ3v) is 22.7. The molecule has 0 aliphatic carbocycles. The minimum atomic E-state index is -4.29. The quantitative estimate of drug-likeness (QED) is 0.0389. The number of aromatic nitrogens is 7. The fourth-order valence-electron chi connectivity index (χ4n) is 13.4. The fourth-order valence-corrected chi connectivity index (χ4v) is 16.3. The van der Waals surface area contributed by atoms with Crippen molar-refractivity contribution in [3.05, 3.63) is 186 Å². The topological polar surface area (TPSA) is 372 Å². The largest absolute Gasteiger partial charge is 0.493 e. The number of carbonyl (C=O) groups excluding carboxylic acids is 3. The van der Waals surface area contributed by atoms with Crippen molar-refractivity contribution in [2.45, 2.75) is 128 Å². The molecule has 3 amide bonds. The average Bonchev–Trinajstić information content (AvgIpc) is 1.74. The zero-order chi connectivity index (χ0) is 78.9. The van der Waals surface area contributed by atoms with Crippen LogP contribution >= 0.6 is 0 Å². The Morgan fingerprint density at radius 3 is 1.76 bits per heavy atom. The number of nitrogens with one attached hydrogen (secondary N) is 4. The second-order valence-corrected chi connectivity index (χ2v) is 34.2. The van der Waals surface area contributed by atoms with Crippen LogP contribution in [0.1, 0.15) is 132 Å². The van der Waals surface area contributed by atoms with Crippen molar-refractivity contribution in [3.8, 4) is 34.1 Å². The number of hydrogen-bond donors (Lipinski definition) is 6. The van der Waals surface area contributed by atoms with E-state index in [2.05, 4.69) is 110 Å². The summed E-state index contributed by atoms with van der Waals surface area (Å²) in [5.41, 5.74) is 14.9. The number of sulfonamides is 3.